The second-order valence-electron chi connectivity index (χ2n) is 3.25. The Balaban J connectivity index is 2.47. The Kier molecular flexibility index (Phi) is 4.77. The van der Waals surface area contributed by atoms with Gasteiger partial charge in [0.1, 0.15) is 12.4 Å². The van der Waals surface area contributed by atoms with Gasteiger partial charge in [-0.05, 0) is 31.2 Å². The molecule has 0 saturated heterocycles. The number of nitrogens with zero attached hydrogens (tertiary/aromatic N) is 1. The van der Waals surface area contributed by atoms with Gasteiger partial charge in [0, 0.05) is 0 Å². The first-order valence-corrected chi connectivity index (χ1v) is 5.15. The second kappa shape index (κ2) is 6.33. The van der Waals surface area contributed by atoms with Crippen LogP contribution in [0, 0.1) is 11.3 Å². The van der Waals surface area contributed by atoms with Gasteiger partial charge in [0.2, 0.25) is 0 Å². The van der Waals surface area contributed by atoms with Crippen LogP contribution >= 0.6 is 0 Å². The first-order chi connectivity index (χ1) is 8.17. The van der Waals surface area contributed by atoms with Crippen LogP contribution in [0.2, 0.25) is 0 Å². The maximum Gasteiger partial charge on any atom is 0.336 e. The van der Waals surface area contributed by atoms with Crippen LogP contribution in [0.1, 0.15) is 12.5 Å². The van der Waals surface area contributed by atoms with Gasteiger partial charge >= 0.3 is 5.97 Å². The Morgan fingerprint density at radius 2 is 2.06 bits per heavy atom. The fraction of sp³-hybridized carbons (Fsp3) is 0.231. The Morgan fingerprint density at radius 1 is 1.41 bits per heavy atom. The Labute approximate surface area is 100 Å². The van der Waals surface area contributed by atoms with Crippen LogP contribution in [0.25, 0.3) is 0 Å². The van der Waals surface area contributed by atoms with Crippen molar-refractivity contribution in [2.45, 2.75) is 6.92 Å². The molecule has 0 unspecified atom stereocenters. The minimum atomic E-state index is -0.457. The number of carbonyl (C=O) groups excluding carboxylic acids is 1. The first kappa shape index (κ1) is 12.8. The molecule has 0 radical (unpaired) electrons. The summed E-state index contributed by atoms with van der Waals surface area (Å²) in [4.78, 5) is 11.2. The highest BCUT2D eigenvalue weighted by Crippen LogP contribution is 2.12. The van der Waals surface area contributed by atoms with Gasteiger partial charge in [0.25, 0.3) is 0 Å². The lowest BCUT2D eigenvalue weighted by molar-refractivity contribution is -0.138. The average Bonchev–Trinajstić information content (AvgIpc) is 2.36. The van der Waals surface area contributed by atoms with E-state index in [1.54, 1.807) is 31.2 Å². The van der Waals surface area contributed by atoms with Crippen molar-refractivity contribution in [3.05, 3.63) is 42.0 Å². The molecule has 0 heterocycles. The second-order valence-corrected chi connectivity index (χ2v) is 3.25. The zero-order valence-electron chi connectivity index (χ0n) is 9.60. The Hall–Kier alpha value is -2.28. The summed E-state index contributed by atoms with van der Waals surface area (Å²) in [5.74, 6) is 0.121. The number of hydrogen-bond donors (Lipinski definition) is 0. The van der Waals surface area contributed by atoms with Gasteiger partial charge in [-0.1, -0.05) is 6.58 Å². The first-order valence-electron chi connectivity index (χ1n) is 5.15. The van der Waals surface area contributed by atoms with E-state index in [0.717, 1.165) is 0 Å². The summed E-state index contributed by atoms with van der Waals surface area (Å²) in [6, 6.07) is 8.62. The van der Waals surface area contributed by atoms with Crippen molar-refractivity contribution < 1.29 is 14.3 Å². The molecular weight excluding hydrogens is 218 g/mol. The third kappa shape index (κ3) is 3.99. The molecule has 1 aromatic carbocycles. The largest absolute Gasteiger partial charge is 0.489 e. The molecule has 4 nitrogen and oxygen atoms in total. The van der Waals surface area contributed by atoms with Crippen molar-refractivity contribution in [3.8, 4) is 11.8 Å². The minimum Gasteiger partial charge on any atom is -0.489 e. The Morgan fingerprint density at radius 3 is 2.59 bits per heavy atom. The fourth-order valence-corrected chi connectivity index (χ4v) is 1.09. The highest BCUT2D eigenvalue weighted by Gasteiger charge is 2.08. The highest BCUT2D eigenvalue weighted by molar-refractivity contribution is 5.88. The third-order valence-corrected chi connectivity index (χ3v) is 1.96. The summed E-state index contributed by atoms with van der Waals surface area (Å²) in [5, 5.41) is 8.61. The van der Waals surface area contributed by atoms with Crippen molar-refractivity contribution in [1.29, 1.82) is 5.26 Å². The monoisotopic (exact) mass is 231 g/mol. The SMILES string of the molecule is C=C(COc1ccc(C#N)cc1)C(=O)OCC. The number of benzene rings is 1. The number of nitriles is 1. The van der Waals surface area contributed by atoms with Gasteiger partial charge in [-0.2, -0.15) is 5.26 Å². The van der Waals surface area contributed by atoms with Crippen molar-refractivity contribution in [2.75, 3.05) is 13.2 Å². The van der Waals surface area contributed by atoms with Gasteiger partial charge < -0.3 is 9.47 Å². The molecular formula is C13H13NO3. The van der Waals surface area contributed by atoms with Crippen molar-refractivity contribution >= 4 is 5.97 Å². The number of ether oxygens (including phenoxy) is 2. The van der Waals surface area contributed by atoms with Crippen LogP contribution in [0.4, 0.5) is 0 Å². The van der Waals surface area contributed by atoms with E-state index in [1.807, 2.05) is 6.07 Å². The fourth-order valence-electron chi connectivity index (χ4n) is 1.09. The van der Waals surface area contributed by atoms with Crippen molar-refractivity contribution in [3.63, 3.8) is 0 Å². The van der Waals surface area contributed by atoms with E-state index in [0.29, 0.717) is 17.9 Å². The topological polar surface area (TPSA) is 59.3 Å². The van der Waals surface area contributed by atoms with Crippen LogP contribution in [-0.4, -0.2) is 19.2 Å². The zero-order chi connectivity index (χ0) is 12.7. The molecule has 4 heteroatoms. The lowest BCUT2D eigenvalue weighted by Crippen LogP contribution is -2.13. The van der Waals surface area contributed by atoms with Crippen LogP contribution < -0.4 is 4.74 Å². The molecule has 1 rings (SSSR count). The number of hydrogen-bond acceptors (Lipinski definition) is 4. The molecule has 0 amide bonds. The third-order valence-electron chi connectivity index (χ3n) is 1.96. The predicted molar refractivity (Wildman–Crippen MR) is 62.4 cm³/mol. The normalized spacial score (nSPS) is 9.18. The molecule has 17 heavy (non-hydrogen) atoms. The van der Waals surface area contributed by atoms with E-state index in [4.69, 9.17) is 14.7 Å². The molecule has 0 aliphatic rings. The number of esters is 1. The van der Waals surface area contributed by atoms with E-state index in [1.165, 1.54) is 0 Å². The molecule has 0 aliphatic carbocycles. The maximum atomic E-state index is 11.2. The lowest BCUT2D eigenvalue weighted by atomic mass is 10.2. The molecule has 0 saturated carbocycles. The summed E-state index contributed by atoms with van der Waals surface area (Å²) in [7, 11) is 0. The summed E-state index contributed by atoms with van der Waals surface area (Å²) in [6.07, 6.45) is 0. The van der Waals surface area contributed by atoms with Crippen molar-refractivity contribution in [1.82, 2.24) is 0 Å². The van der Waals surface area contributed by atoms with E-state index >= 15 is 0 Å². The predicted octanol–water partition coefficient (Wildman–Crippen LogP) is 2.06. The summed E-state index contributed by atoms with van der Waals surface area (Å²) >= 11 is 0. The summed E-state index contributed by atoms with van der Waals surface area (Å²) < 4.78 is 10.1. The van der Waals surface area contributed by atoms with Gasteiger partial charge in [0.05, 0.1) is 23.8 Å². The van der Waals surface area contributed by atoms with Gasteiger partial charge in [-0.3, -0.25) is 0 Å². The van der Waals surface area contributed by atoms with Gasteiger partial charge in [0.15, 0.2) is 0 Å². The molecule has 1 aromatic rings. The average molecular weight is 231 g/mol. The number of rotatable bonds is 5. The van der Waals surface area contributed by atoms with Crippen LogP contribution in [0.3, 0.4) is 0 Å². The van der Waals surface area contributed by atoms with E-state index in [-0.39, 0.29) is 12.2 Å². The highest BCUT2D eigenvalue weighted by atomic mass is 16.5. The summed E-state index contributed by atoms with van der Waals surface area (Å²) in [6.45, 7) is 5.69. The molecule has 0 N–H and O–H groups in total. The minimum absolute atomic E-state index is 0.0741. The molecule has 88 valence electrons. The van der Waals surface area contributed by atoms with E-state index in [9.17, 15) is 4.79 Å². The molecule has 0 atom stereocenters. The molecule has 0 spiro atoms. The number of carbonyl (C=O) groups is 1. The van der Waals surface area contributed by atoms with Crippen LogP contribution in [0.15, 0.2) is 36.4 Å². The Bertz CT molecular complexity index is 443. The maximum absolute atomic E-state index is 11.2. The van der Waals surface area contributed by atoms with Gasteiger partial charge in [-0.25, -0.2) is 4.79 Å². The molecule has 0 aromatic heterocycles. The van der Waals surface area contributed by atoms with Crippen LogP contribution in [0.5, 0.6) is 5.75 Å². The standard InChI is InChI=1S/C13H13NO3/c1-3-16-13(15)10(2)9-17-12-6-4-11(8-14)5-7-12/h4-7H,2-3,9H2,1H3. The van der Waals surface area contributed by atoms with E-state index < -0.39 is 5.97 Å². The zero-order valence-corrected chi connectivity index (χ0v) is 9.60. The quantitative estimate of drug-likeness (QED) is 0.575. The smallest absolute Gasteiger partial charge is 0.336 e. The van der Waals surface area contributed by atoms with E-state index in [2.05, 4.69) is 6.58 Å². The molecule has 0 aliphatic heterocycles. The van der Waals surface area contributed by atoms with Gasteiger partial charge in [-0.15, -0.1) is 0 Å². The van der Waals surface area contributed by atoms with Crippen molar-refractivity contribution in [2.24, 2.45) is 0 Å². The lowest BCUT2D eigenvalue weighted by Gasteiger charge is -2.07. The van der Waals surface area contributed by atoms with Crippen LogP contribution in [-0.2, 0) is 9.53 Å². The molecule has 0 bridgehead atoms. The molecule has 0 fully saturated rings. The summed E-state index contributed by atoms with van der Waals surface area (Å²) in [5.41, 5.74) is 0.817.